The van der Waals surface area contributed by atoms with Gasteiger partial charge in [0, 0.05) is 35.5 Å². The molecule has 3 aliphatic rings. The number of para-hydroxylation sites is 1. The first-order chi connectivity index (χ1) is 16.2. The largest absolute Gasteiger partial charge is 0.347 e. The van der Waals surface area contributed by atoms with Crippen LogP contribution in [-0.2, 0) is 0 Å². The van der Waals surface area contributed by atoms with E-state index in [1.807, 2.05) is 0 Å². The lowest BCUT2D eigenvalue weighted by Gasteiger charge is -2.32. The summed E-state index contributed by atoms with van der Waals surface area (Å²) < 4.78 is 13.1. The Hall–Kier alpha value is -2.98. The fourth-order valence-corrected chi connectivity index (χ4v) is 5.29. The number of halogens is 1. The summed E-state index contributed by atoms with van der Waals surface area (Å²) in [5.74, 6) is -0.0836. The minimum absolute atomic E-state index is 0.0533. The lowest BCUT2D eigenvalue weighted by atomic mass is 9.89. The molecule has 1 fully saturated rings. The van der Waals surface area contributed by atoms with Crippen molar-refractivity contribution in [1.29, 1.82) is 0 Å². The van der Waals surface area contributed by atoms with Crippen molar-refractivity contribution in [2.75, 3.05) is 31.1 Å². The third-order valence-corrected chi connectivity index (χ3v) is 7.14. The van der Waals surface area contributed by atoms with Crippen LogP contribution < -0.4 is 4.90 Å². The number of Topliss-reactive ketones (excluding diaryl/α,β-unsaturated/α-hetero) is 1. The number of carbonyl (C=O) groups is 1. The monoisotopic (exact) mass is 442 g/mol. The molecule has 1 aliphatic carbocycles. The summed E-state index contributed by atoms with van der Waals surface area (Å²) in [6.07, 6.45) is 14.1. The first-order valence-corrected chi connectivity index (χ1v) is 12.1. The normalized spacial score (nSPS) is 18.8. The molecule has 0 spiro atoms. The van der Waals surface area contributed by atoms with E-state index in [4.69, 9.17) is 0 Å². The van der Waals surface area contributed by atoms with Crippen molar-refractivity contribution in [2.45, 2.75) is 32.1 Å². The second-order valence-electron chi connectivity index (χ2n) is 9.24. The van der Waals surface area contributed by atoms with Gasteiger partial charge in [-0.2, -0.15) is 0 Å². The number of fused-ring (bicyclic) bond motifs is 2. The summed E-state index contributed by atoms with van der Waals surface area (Å²) in [7, 11) is 0. The van der Waals surface area contributed by atoms with Crippen molar-refractivity contribution in [2.24, 2.45) is 5.92 Å². The number of likely N-dealkylation sites (tertiary alicyclic amines) is 1. The molecule has 33 heavy (non-hydrogen) atoms. The van der Waals surface area contributed by atoms with E-state index in [1.54, 1.807) is 12.1 Å². The zero-order chi connectivity index (χ0) is 22.6. The molecule has 3 nitrogen and oxygen atoms in total. The van der Waals surface area contributed by atoms with Gasteiger partial charge in [-0.3, -0.25) is 4.79 Å². The van der Waals surface area contributed by atoms with Crippen LogP contribution in [0.15, 0.2) is 78.5 Å². The molecule has 1 saturated heterocycles. The minimum atomic E-state index is -0.296. The van der Waals surface area contributed by atoms with E-state index in [-0.39, 0.29) is 17.5 Å². The lowest BCUT2D eigenvalue weighted by molar-refractivity contribution is 0.0840. The highest BCUT2D eigenvalue weighted by Crippen LogP contribution is 2.37. The molecule has 2 aliphatic heterocycles. The Morgan fingerprint density at radius 3 is 2.58 bits per heavy atom. The molecule has 2 aromatic rings. The van der Waals surface area contributed by atoms with Crippen LogP contribution in [0.1, 0.15) is 48.0 Å². The van der Waals surface area contributed by atoms with Gasteiger partial charge in [0.15, 0.2) is 5.78 Å². The van der Waals surface area contributed by atoms with Crippen LogP contribution >= 0.6 is 0 Å². The van der Waals surface area contributed by atoms with Gasteiger partial charge in [0.05, 0.1) is 0 Å². The summed E-state index contributed by atoms with van der Waals surface area (Å²) in [5.41, 5.74) is 6.09. The molecule has 170 valence electrons. The number of hydrogen-bond donors (Lipinski definition) is 0. The number of nitrogens with zero attached hydrogens (tertiary/aromatic N) is 2. The first kappa shape index (κ1) is 21.8. The van der Waals surface area contributed by atoms with Gasteiger partial charge >= 0.3 is 0 Å². The van der Waals surface area contributed by atoms with Crippen LogP contribution in [0, 0.1) is 11.7 Å². The maximum absolute atomic E-state index is 13.1. The van der Waals surface area contributed by atoms with Crippen molar-refractivity contribution in [3.05, 3.63) is 95.5 Å². The average Bonchev–Trinajstić information content (AvgIpc) is 3.02. The minimum Gasteiger partial charge on any atom is -0.347 e. The Bertz CT molecular complexity index is 1090. The number of rotatable bonds is 6. The maximum Gasteiger partial charge on any atom is 0.166 e. The number of anilines is 1. The van der Waals surface area contributed by atoms with Crippen LogP contribution in [0.3, 0.4) is 0 Å². The first-order valence-electron chi connectivity index (χ1n) is 12.1. The smallest absolute Gasteiger partial charge is 0.166 e. The Kier molecular flexibility index (Phi) is 6.54. The van der Waals surface area contributed by atoms with Gasteiger partial charge in [0.1, 0.15) is 5.82 Å². The van der Waals surface area contributed by atoms with E-state index >= 15 is 0 Å². The molecular formula is C29H31FN2O. The number of hydrogen-bond acceptors (Lipinski definition) is 3. The van der Waals surface area contributed by atoms with Crippen LogP contribution in [0.25, 0.3) is 5.57 Å². The molecular weight excluding hydrogens is 411 g/mol. The van der Waals surface area contributed by atoms with Crippen LogP contribution in [-0.4, -0.2) is 36.9 Å². The predicted molar refractivity (Wildman–Crippen MR) is 133 cm³/mol. The van der Waals surface area contributed by atoms with Crippen molar-refractivity contribution < 1.29 is 9.18 Å². The molecule has 0 unspecified atom stereocenters. The van der Waals surface area contributed by atoms with E-state index in [9.17, 15) is 9.18 Å². The average molecular weight is 443 g/mol. The molecule has 0 bridgehead atoms. The fourth-order valence-electron chi connectivity index (χ4n) is 5.29. The molecule has 2 aromatic carbocycles. The summed E-state index contributed by atoms with van der Waals surface area (Å²) in [5, 5.41) is 0. The summed E-state index contributed by atoms with van der Waals surface area (Å²) in [6, 6.07) is 14.7. The predicted octanol–water partition coefficient (Wildman–Crippen LogP) is 6.25. The summed E-state index contributed by atoms with van der Waals surface area (Å²) >= 11 is 0. The summed E-state index contributed by atoms with van der Waals surface area (Å²) in [4.78, 5) is 17.6. The quantitative estimate of drug-likeness (QED) is 0.494. The topological polar surface area (TPSA) is 23.6 Å². The molecule has 0 N–H and O–H groups in total. The Labute approximate surface area is 195 Å². The molecule has 0 radical (unpaired) electrons. The molecule has 0 atom stereocenters. The van der Waals surface area contributed by atoms with Gasteiger partial charge in [-0.05, 0) is 99.3 Å². The second-order valence-corrected chi connectivity index (χ2v) is 9.24. The molecule has 0 aromatic heterocycles. The number of carbonyl (C=O) groups excluding carboxylic acids is 1. The van der Waals surface area contributed by atoms with Crippen molar-refractivity contribution in [1.82, 2.24) is 4.90 Å². The number of ketones is 1. The molecule has 0 amide bonds. The van der Waals surface area contributed by atoms with Crippen LogP contribution in [0.4, 0.5) is 10.1 Å². The van der Waals surface area contributed by atoms with E-state index in [0.717, 1.165) is 58.3 Å². The van der Waals surface area contributed by atoms with Gasteiger partial charge in [-0.25, -0.2) is 4.39 Å². The Balaban J connectivity index is 1.15. The van der Waals surface area contributed by atoms with E-state index < -0.39 is 0 Å². The Morgan fingerprint density at radius 2 is 1.76 bits per heavy atom. The van der Waals surface area contributed by atoms with E-state index in [0.29, 0.717) is 5.56 Å². The molecule has 0 saturated carbocycles. The highest BCUT2D eigenvalue weighted by atomic mass is 19.1. The van der Waals surface area contributed by atoms with E-state index in [1.165, 1.54) is 34.5 Å². The third kappa shape index (κ3) is 4.86. The zero-order valence-electron chi connectivity index (χ0n) is 19.1. The number of benzene rings is 2. The Morgan fingerprint density at radius 1 is 0.970 bits per heavy atom. The van der Waals surface area contributed by atoms with Crippen LogP contribution in [0.2, 0.25) is 0 Å². The maximum atomic E-state index is 13.1. The third-order valence-electron chi connectivity index (χ3n) is 7.14. The summed E-state index contributed by atoms with van der Waals surface area (Å²) in [6.45, 7) is 3.92. The zero-order valence-corrected chi connectivity index (χ0v) is 19.1. The molecule has 4 heteroatoms. The van der Waals surface area contributed by atoms with E-state index in [2.05, 4.69) is 58.5 Å². The van der Waals surface area contributed by atoms with Crippen LogP contribution in [0.5, 0.6) is 0 Å². The second kappa shape index (κ2) is 9.88. The van der Waals surface area contributed by atoms with Gasteiger partial charge in [-0.1, -0.05) is 30.4 Å². The molecule has 2 heterocycles. The van der Waals surface area contributed by atoms with Gasteiger partial charge in [0.2, 0.25) is 0 Å². The SMILES string of the molecule is O=C(c1ccc(F)cc1)C1CCN(CCCN2C=CC3=C(CCC=C3)c3ccccc32)CC1. The van der Waals surface area contributed by atoms with Gasteiger partial charge in [-0.15, -0.1) is 0 Å². The lowest BCUT2D eigenvalue weighted by Crippen LogP contribution is -2.37. The van der Waals surface area contributed by atoms with Gasteiger partial charge in [0.25, 0.3) is 0 Å². The number of piperidine rings is 1. The highest BCUT2D eigenvalue weighted by molar-refractivity contribution is 5.97. The standard InChI is InChI=1S/C29H31FN2O/c30-25-12-10-23(11-13-25)29(33)24-14-19-31(20-15-24)17-5-18-32-21-16-22-6-1-2-7-26(22)27-8-3-4-9-28(27)32/h1,3-4,6,8-13,16,21,24H,2,5,7,14-15,17-20H2. The molecule has 5 rings (SSSR count). The highest BCUT2D eigenvalue weighted by Gasteiger charge is 2.26. The number of allylic oxidation sites excluding steroid dienone is 5. The fraction of sp³-hybridized carbons (Fsp3) is 0.345. The van der Waals surface area contributed by atoms with Crippen molar-refractivity contribution in [3.8, 4) is 0 Å². The van der Waals surface area contributed by atoms with Gasteiger partial charge < -0.3 is 9.80 Å². The van der Waals surface area contributed by atoms with Crippen molar-refractivity contribution in [3.63, 3.8) is 0 Å². The van der Waals surface area contributed by atoms with Crippen molar-refractivity contribution >= 4 is 17.0 Å².